The third-order valence-corrected chi connectivity index (χ3v) is 5.16. The predicted octanol–water partition coefficient (Wildman–Crippen LogP) is -1.21. The fraction of sp³-hybridized carbons (Fsp3) is 0.556. The van der Waals surface area contributed by atoms with Crippen LogP contribution < -0.4 is 9.80 Å². The highest BCUT2D eigenvalue weighted by Crippen LogP contribution is 2.19. The fourth-order valence-electron chi connectivity index (χ4n) is 3.52. The molecular weight excluding hydrogens is 320 g/mol. The maximum atomic E-state index is 12.5. The van der Waals surface area contributed by atoms with E-state index >= 15 is 0 Å². The second-order valence-electron chi connectivity index (χ2n) is 6.82. The summed E-state index contributed by atoms with van der Waals surface area (Å²) in [6, 6.07) is 7.20. The predicted molar refractivity (Wildman–Crippen MR) is 94.7 cm³/mol. The molecule has 25 heavy (non-hydrogen) atoms. The SMILES string of the molecule is CC(=O)N1CC[NH+](CC(=O)N2CCN(c3ccc(O)cc3)CC2)CC1. The van der Waals surface area contributed by atoms with E-state index in [9.17, 15) is 14.7 Å². The van der Waals surface area contributed by atoms with Crippen LogP contribution in [0.5, 0.6) is 5.75 Å². The molecule has 2 heterocycles. The Kier molecular flexibility index (Phi) is 5.43. The van der Waals surface area contributed by atoms with Gasteiger partial charge in [0.25, 0.3) is 5.91 Å². The van der Waals surface area contributed by atoms with Crippen LogP contribution in [0.4, 0.5) is 5.69 Å². The average molecular weight is 347 g/mol. The molecule has 0 radical (unpaired) electrons. The van der Waals surface area contributed by atoms with Gasteiger partial charge in [-0.2, -0.15) is 0 Å². The molecule has 2 aliphatic rings. The highest BCUT2D eigenvalue weighted by molar-refractivity contribution is 5.77. The summed E-state index contributed by atoms with van der Waals surface area (Å²) in [5.74, 6) is 0.595. The number of aromatic hydroxyl groups is 1. The van der Waals surface area contributed by atoms with E-state index in [1.54, 1.807) is 19.1 Å². The van der Waals surface area contributed by atoms with Crippen molar-refractivity contribution in [3.8, 4) is 5.75 Å². The highest BCUT2D eigenvalue weighted by Gasteiger charge is 2.27. The molecule has 2 aliphatic heterocycles. The van der Waals surface area contributed by atoms with Gasteiger partial charge < -0.3 is 24.7 Å². The number of hydrogen-bond donors (Lipinski definition) is 2. The van der Waals surface area contributed by atoms with Crippen LogP contribution in [-0.2, 0) is 9.59 Å². The number of piperazine rings is 2. The topological polar surface area (TPSA) is 68.5 Å². The summed E-state index contributed by atoms with van der Waals surface area (Å²) in [6.07, 6.45) is 0. The molecule has 0 spiro atoms. The van der Waals surface area contributed by atoms with E-state index in [1.165, 1.54) is 4.90 Å². The van der Waals surface area contributed by atoms with Crippen molar-refractivity contribution in [2.75, 3.05) is 63.8 Å². The van der Waals surface area contributed by atoms with E-state index in [0.717, 1.165) is 58.0 Å². The number of amides is 2. The van der Waals surface area contributed by atoms with E-state index in [2.05, 4.69) is 4.90 Å². The minimum atomic E-state index is 0.121. The van der Waals surface area contributed by atoms with Gasteiger partial charge in [-0.3, -0.25) is 9.59 Å². The Labute approximate surface area is 148 Å². The molecule has 7 heteroatoms. The minimum Gasteiger partial charge on any atom is -0.508 e. The molecule has 0 aromatic heterocycles. The van der Waals surface area contributed by atoms with Crippen LogP contribution in [0.1, 0.15) is 6.92 Å². The van der Waals surface area contributed by atoms with Gasteiger partial charge in [-0.1, -0.05) is 0 Å². The van der Waals surface area contributed by atoms with Gasteiger partial charge in [-0.15, -0.1) is 0 Å². The zero-order valence-corrected chi connectivity index (χ0v) is 14.8. The first-order valence-electron chi connectivity index (χ1n) is 8.94. The second kappa shape index (κ2) is 7.74. The molecule has 0 atom stereocenters. The summed E-state index contributed by atoms with van der Waals surface area (Å²) in [5, 5.41) is 9.38. The van der Waals surface area contributed by atoms with Crippen LogP contribution in [0.3, 0.4) is 0 Å². The van der Waals surface area contributed by atoms with Gasteiger partial charge in [0.05, 0.1) is 26.2 Å². The van der Waals surface area contributed by atoms with Gasteiger partial charge in [0, 0.05) is 38.8 Å². The highest BCUT2D eigenvalue weighted by atomic mass is 16.3. The number of nitrogens with one attached hydrogen (secondary N) is 1. The van der Waals surface area contributed by atoms with Crippen molar-refractivity contribution >= 4 is 17.5 Å². The zero-order chi connectivity index (χ0) is 17.8. The number of quaternary nitrogens is 1. The number of carbonyl (C=O) groups is 2. The lowest BCUT2D eigenvalue weighted by atomic mass is 10.2. The van der Waals surface area contributed by atoms with Crippen LogP contribution in [-0.4, -0.2) is 85.6 Å². The molecule has 2 fully saturated rings. The maximum absolute atomic E-state index is 12.5. The smallest absolute Gasteiger partial charge is 0.277 e. The van der Waals surface area contributed by atoms with Crippen LogP contribution in [0.25, 0.3) is 0 Å². The van der Waals surface area contributed by atoms with E-state index in [-0.39, 0.29) is 17.6 Å². The van der Waals surface area contributed by atoms with E-state index in [1.807, 2.05) is 21.9 Å². The summed E-state index contributed by atoms with van der Waals surface area (Å²) < 4.78 is 0. The molecule has 2 amide bonds. The lowest BCUT2D eigenvalue weighted by molar-refractivity contribution is -0.896. The number of rotatable bonds is 3. The number of carbonyl (C=O) groups excluding carboxylic acids is 2. The Morgan fingerprint density at radius 1 is 0.960 bits per heavy atom. The maximum Gasteiger partial charge on any atom is 0.277 e. The Balaban J connectivity index is 1.44. The van der Waals surface area contributed by atoms with Gasteiger partial charge in [0.15, 0.2) is 6.54 Å². The largest absolute Gasteiger partial charge is 0.508 e. The first-order valence-corrected chi connectivity index (χ1v) is 8.94. The molecular formula is C18H27N4O3+. The van der Waals surface area contributed by atoms with Gasteiger partial charge in [0.2, 0.25) is 5.91 Å². The minimum absolute atomic E-state index is 0.121. The summed E-state index contributed by atoms with van der Waals surface area (Å²) in [5.41, 5.74) is 1.08. The summed E-state index contributed by atoms with van der Waals surface area (Å²) >= 11 is 0. The second-order valence-corrected chi connectivity index (χ2v) is 6.82. The van der Waals surface area contributed by atoms with E-state index < -0.39 is 0 Å². The van der Waals surface area contributed by atoms with Crippen LogP contribution in [0.2, 0.25) is 0 Å². The van der Waals surface area contributed by atoms with Crippen LogP contribution >= 0.6 is 0 Å². The molecule has 3 rings (SSSR count). The van der Waals surface area contributed by atoms with Gasteiger partial charge >= 0.3 is 0 Å². The van der Waals surface area contributed by atoms with E-state index in [0.29, 0.717) is 6.54 Å². The first-order chi connectivity index (χ1) is 12.0. The van der Waals surface area contributed by atoms with Crippen LogP contribution in [0, 0.1) is 0 Å². The fourth-order valence-corrected chi connectivity index (χ4v) is 3.52. The molecule has 0 aliphatic carbocycles. The number of nitrogens with zero attached hydrogens (tertiary/aromatic N) is 3. The third kappa shape index (κ3) is 4.42. The van der Waals surface area contributed by atoms with Crippen molar-refractivity contribution in [2.45, 2.75) is 6.92 Å². The molecule has 0 saturated carbocycles. The zero-order valence-electron chi connectivity index (χ0n) is 14.8. The van der Waals surface area contributed by atoms with Crippen molar-refractivity contribution in [3.63, 3.8) is 0 Å². The first kappa shape index (κ1) is 17.5. The summed E-state index contributed by atoms with van der Waals surface area (Å²) in [6.45, 7) is 8.37. The van der Waals surface area contributed by atoms with Gasteiger partial charge in [-0.05, 0) is 24.3 Å². The number of anilines is 1. The molecule has 2 saturated heterocycles. The number of phenolic OH excluding ortho intramolecular Hbond substituents is 1. The van der Waals surface area contributed by atoms with Crippen molar-refractivity contribution < 1.29 is 19.6 Å². The van der Waals surface area contributed by atoms with E-state index in [4.69, 9.17) is 0 Å². The molecule has 136 valence electrons. The Morgan fingerprint density at radius 3 is 2.12 bits per heavy atom. The Bertz CT molecular complexity index is 603. The van der Waals surface area contributed by atoms with Gasteiger partial charge in [-0.25, -0.2) is 0 Å². The number of benzene rings is 1. The third-order valence-electron chi connectivity index (χ3n) is 5.16. The Hall–Kier alpha value is -2.28. The Morgan fingerprint density at radius 2 is 1.56 bits per heavy atom. The van der Waals surface area contributed by atoms with Crippen molar-refractivity contribution in [1.82, 2.24) is 9.80 Å². The lowest BCUT2D eigenvalue weighted by Crippen LogP contribution is -3.15. The molecule has 1 aromatic carbocycles. The van der Waals surface area contributed by atoms with Crippen molar-refractivity contribution in [2.24, 2.45) is 0 Å². The lowest BCUT2D eigenvalue weighted by Gasteiger charge is -2.37. The molecule has 7 nitrogen and oxygen atoms in total. The normalized spacial score (nSPS) is 19.2. The van der Waals surface area contributed by atoms with Crippen molar-refractivity contribution in [1.29, 1.82) is 0 Å². The molecule has 0 unspecified atom stereocenters. The monoisotopic (exact) mass is 347 g/mol. The molecule has 0 bridgehead atoms. The average Bonchev–Trinajstić information content (AvgIpc) is 2.63. The summed E-state index contributed by atoms with van der Waals surface area (Å²) in [7, 11) is 0. The van der Waals surface area contributed by atoms with Crippen LogP contribution in [0.15, 0.2) is 24.3 Å². The number of hydrogen-bond acceptors (Lipinski definition) is 4. The molecule has 1 aromatic rings. The quantitative estimate of drug-likeness (QED) is 0.720. The van der Waals surface area contributed by atoms with Gasteiger partial charge in [0.1, 0.15) is 5.75 Å². The summed E-state index contributed by atoms with van der Waals surface area (Å²) in [4.78, 5) is 31.2. The number of phenols is 1. The standard InChI is InChI=1S/C18H26N4O3/c1-15(23)20-8-6-19(7-9-20)14-18(25)22-12-10-21(11-13-22)16-2-4-17(24)5-3-16/h2-5,24H,6-14H2,1H3/p+1. The van der Waals surface area contributed by atoms with Crippen molar-refractivity contribution in [3.05, 3.63) is 24.3 Å². The molecule has 2 N–H and O–H groups in total.